The molecule has 1 fully saturated rings. The summed E-state index contributed by atoms with van der Waals surface area (Å²) in [5.74, 6) is 0.729. The average Bonchev–Trinajstić information content (AvgIpc) is 3.15. The Labute approximate surface area is 153 Å². The van der Waals surface area contributed by atoms with E-state index in [1.165, 1.54) is 16.2 Å². The van der Waals surface area contributed by atoms with Crippen molar-refractivity contribution < 1.29 is 14.3 Å². The lowest BCUT2D eigenvalue weighted by atomic mass is 9.91. The molecule has 3 rings (SSSR count). The minimum absolute atomic E-state index is 0.147. The van der Waals surface area contributed by atoms with Crippen LogP contribution in [0.15, 0.2) is 23.2 Å². The van der Waals surface area contributed by atoms with E-state index in [9.17, 15) is 9.59 Å². The average molecular weight is 362 g/mol. The number of carbonyl (C=O) groups excluding carboxylic acids is 2. The highest BCUT2D eigenvalue weighted by Gasteiger charge is 2.42. The third-order valence-electron chi connectivity index (χ3n) is 4.83. The Kier molecular flexibility index (Phi) is 5.59. The number of amides is 2. The zero-order valence-electron chi connectivity index (χ0n) is 15.2. The summed E-state index contributed by atoms with van der Waals surface area (Å²) in [7, 11) is 1.63. The van der Waals surface area contributed by atoms with Crippen LogP contribution in [0.1, 0.15) is 31.6 Å². The molecule has 2 aliphatic rings. The number of nitrogens with zero attached hydrogens (tertiary/aromatic N) is 2. The number of methoxy groups -OCH3 is 1. The summed E-state index contributed by atoms with van der Waals surface area (Å²) in [4.78, 5) is 30.5. The van der Waals surface area contributed by atoms with E-state index in [1.807, 2.05) is 17.5 Å². The van der Waals surface area contributed by atoms with Gasteiger partial charge in [0, 0.05) is 38.2 Å². The summed E-state index contributed by atoms with van der Waals surface area (Å²) in [6.45, 7) is 7.04. The van der Waals surface area contributed by atoms with Gasteiger partial charge in [-0.1, -0.05) is 19.9 Å². The second-order valence-electron chi connectivity index (χ2n) is 7.16. The number of thiophene rings is 1. The van der Waals surface area contributed by atoms with Gasteiger partial charge in [0.25, 0.3) is 11.8 Å². The maximum Gasteiger partial charge on any atom is 0.277 e. The summed E-state index contributed by atoms with van der Waals surface area (Å²) in [6.07, 6.45) is 1.82. The molecule has 2 aliphatic heterocycles. The van der Waals surface area contributed by atoms with Crippen molar-refractivity contribution in [1.82, 2.24) is 9.80 Å². The van der Waals surface area contributed by atoms with Crippen LogP contribution < -0.4 is 0 Å². The number of hydrogen-bond donors (Lipinski definition) is 0. The molecule has 0 saturated carbocycles. The molecule has 3 heterocycles. The number of ether oxygens (including phenoxy) is 1. The van der Waals surface area contributed by atoms with E-state index in [0.717, 1.165) is 24.4 Å². The minimum atomic E-state index is -0.163. The van der Waals surface area contributed by atoms with Crippen molar-refractivity contribution in [3.05, 3.63) is 28.1 Å². The van der Waals surface area contributed by atoms with Gasteiger partial charge in [0.2, 0.25) is 0 Å². The first-order valence-electron chi connectivity index (χ1n) is 8.91. The van der Waals surface area contributed by atoms with Gasteiger partial charge in [0.1, 0.15) is 5.70 Å². The highest BCUT2D eigenvalue weighted by molar-refractivity contribution is 7.11. The van der Waals surface area contributed by atoms with Crippen molar-refractivity contribution in [2.75, 3.05) is 33.4 Å². The first-order valence-corrected chi connectivity index (χ1v) is 9.79. The van der Waals surface area contributed by atoms with Gasteiger partial charge in [-0.3, -0.25) is 14.5 Å². The van der Waals surface area contributed by atoms with Crippen LogP contribution in [0.2, 0.25) is 0 Å². The van der Waals surface area contributed by atoms with Gasteiger partial charge in [-0.25, -0.2) is 0 Å². The van der Waals surface area contributed by atoms with Crippen molar-refractivity contribution >= 4 is 28.7 Å². The summed E-state index contributed by atoms with van der Waals surface area (Å²) in [5, 5.41) is 1.95. The third kappa shape index (κ3) is 3.65. The maximum atomic E-state index is 13.1. The van der Waals surface area contributed by atoms with Gasteiger partial charge in [-0.2, -0.15) is 0 Å². The standard InChI is InChI=1S/C19H26N2O3S/c1-13-10-14(2)12-20(11-13)17-16(15-6-4-9-25-15)18(22)21(19(17)23)7-5-8-24-3/h4,6,9,13-14H,5,7-8,10-12H2,1-3H3. The first-order chi connectivity index (χ1) is 12.0. The quantitative estimate of drug-likeness (QED) is 0.577. The molecular formula is C19H26N2O3S. The van der Waals surface area contributed by atoms with Crippen molar-refractivity contribution in [3.8, 4) is 0 Å². The Morgan fingerprint density at radius 2 is 1.92 bits per heavy atom. The van der Waals surface area contributed by atoms with Crippen molar-refractivity contribution in [1.29, 1.82) is 0 Å². The predicted molar refractivity (Wildman–Crippen MR) is 99.0 cm³/mol. The maximum absolute atomic E-state index is 13.1. The number of carbonyl (C=O) groups is 2. The molecule has 0 aliphatic carbocycles. The van der Waals surface area contributed by atoms with Crippen LogP contribution in [0.4, 0.5) is 0 Å². The number of likely N-dealkylation sites (tertiary alicyclic amines) is 1. The summed E-state index contributed by atoms with van der Waals surface area (Å²) in [6, 6.07) is 3.86. The Hall–Kier alpha value is -1.66. The zero-order chi connectivity index (χ0) is 18.0. The van der Waals surface area contributed by atoms with Gasteiger partial charge >= 0.3 is 0 Å². The van der Waals surface area contributed by atoms with E-state index in [0.29, 0.717) is 42.7 Å². The topological polar surface area (TPSA) is 49.9 Å². The van der Waals surface area contributed by atoms with E-state index in [2.05, 4.69) is 18.7 Å². The molecular weight excluding hydrogens is 336 g/mol. The SMILES string of the molecule is COCCCN1C(=O)C(c2cccs2)=C(N2CC(C)CC(C)C2)C1=O. The molecule has 2 unspecified atom stereocenters. The molecule has 1 aromatic rings. The fraction of sp³-hybridized carbons (Fsp3) is 0.579. The van der Waals surface area contributed by atoms with Crippen LogP contribution in [0.3, 0.4) is 0 Å². The smallest absolute Gasteiger partial charge is 0.277 e. The van der Waals surface area contributed by atoms with E-state index in [4.69, 9.17) is 4.74 Å². The molecule has 0 N–H and O–H groups in total. The molecule has 136 valence electrons. The molecule has 0 bridgehead atoms. The summed E-state index contributed by atoms with van der Waals surface area (Å²) in [5.41, 5.74) is 1.18. The van der Waals surface area contributed by atoms with Crippen LogP contribution in [0.5, 0.6) is 0 Å². The Morgan fingerprint density at radius 3 is 2.52 bits per heavy atom. The van der Waals surface area contributed by atoms with Crippen LogP contribution in [0, 0.1) is 11.8 Å². The fourth-order valence-electron chi connectivity index (χ4n) is 3.92. The molecule has 0 radical (unpaired) electrons. The first kappa shape index (κ1) is 18.1. The lowest BCUT2D eigenvalue weighted by Crippen LogP contribution is -2.42. The molecule has 0 spiro atoms. The predicted octanol–water partition coefficient (Wildman–Crippen LogP) is 2.84. The minimum Gasteiger partial charge on any atom is -0.385 e. The Balaban J connectivity index is 1.94. The van der Waals surface area contributed by atoms with Crippen LogP contribution in [-0.2, 0) is 14.3 Å². The van der Waals surface area contributed by atoms with Crippen LogP contribution >= 0.6 is 11.3 Å². The van der Waals surface area contributed by atoms with E-state index in [-0.39, 0.29) is 11.8 Å². The van der Waals surface area contributed by atoms with E-state index >= 15 is 0 Å². The summed E-state index contributed by atoms with van der Waals surface area (Å²) >= 11 is 1.52. The van der Waals surface area contributed by atoms with Gasteiger partial charge in [-0.15, -0.1) is 11.3 Å². The lowest BCUT2D eigenvalue weighted by molar-refractivity contribution is -0.137. The molecule has 2 amide bonds. The second kappa shape index (κ2) is 7.70. The molecule has 0 aromatic carbocycles. The Bertz CT molecular complexity index is 658. The number of piperidine rings is 1. The number of imide groups is 1. The van der Waals surface area contributed by atoms with Gasteiger partial charge < -0.3 is 9.64 Å². The molecule has 2 atom stereocenters. The van der Waals surface area contributed by atoms with Crippen LogP contribution in [-0.4, -0.2) is 55.0 Å². The van der Waals surface area contributed by atoms with Gasteiger partial charge in [0.05, 0.1) is 5.57 Å². The Morgan fingerprint density at radius 1 is 1.20 bits per heavy atom. The van der Waals surface area contributed by atoms with E-state index < -0.39 is 0 Å². The molecule has 5 nitrogen and oxygen atoms in total. The largest absolute Gasteiger partial charge is 0.385 e. The van der Waals surface area contributed by atoms with Crippen molar-refractivity contribution in [2.45, 2.75) is 26.7 Å². The molecule has 25 heavy (non-hydrogen) atoms. The monoisotopic (exact) mass is 362 g/mol. The summed E-state index contributed by atoms with van der Waals surface area (Å²) < 4.78 is 5.07. The second-order valence-corrected chi connectivity index (χ2v) is 8.11. The van der Waals surface area contributed by atoms with Crippen LogP contribution in [0.25, 0.3) is 5.57 Å². The highest BCUT2D eigenvalue weighted by Crippen LogP contribution is 2.36. The molecule has 1 saturated heterocycles. The molecule has 1 aromatic heterocycles. The fourth-order valence-corrected chi connectivity index (χ4v) is 4.68. The molecule has 6 heteroatoms. The van der Waals surface area contributed by atoms with Crippen molar-refractivity contribution in [2.24, 2.45) is 11.8 Å². The highest BCUT2D eigenvalue weighted by atomic mass is 32.1. The van der Waals surface area contributed by atoms with Gasteiger partial charge in [0.15, 0.2) is 0 Å². The van der Waals surface area contributed by atoms with E-state index in [1.54, 1.807) is 7.11 Å². The van der Waals surface area contributed by atoms with Crippen molar-refractivity contribution in [3.63, 3.8) is 0 Å². The zero-order valence-corrected chi connectivity index (χ0v) is 16.0. The number of hydrogen-bond acceptors (Lipinski definition) is 5. The third-order valence-corrected chi connectivity index (χ3v) is 5.71. The normalized spacial score (nSPS) is 24.6. The lowest BCUT2D eigenvalue weighted by Gasteiger charge is -2.37. The van der Waals surface area contributed by atoms with Gasteiger partial charge in [-0.05, 0) is 36.1 Å². The number of rotatable bonds is 6.